The number of methoxy groups -OCH3 is 2. The van der Waals surface area contributed by atoms with Gasteiger partial charge in [0.1, 0.15) is 17.2 Å². The van der Waals surface area contributed by atoms with E-state index in [0.29, 0.717) is 17.0 Å². The molecule has 3 aromatic carbocycles. The van der Waals surface area contributed by atoms with Crippen molar-refractivity contribution in [2.24, 2.45) is 0 Å². The van der Waals surface area contributed by atoms with Crippen LogP contribution in [-0.4, -0.2) is 36.7 Å². The first-order valence-electron chi connectivity index (χ1n) is 10.8. The second-order valence-corrected chi connectivity index (χ2v) is 9.62. The molecule has 7 nitrogen and oxygen atoms in total. The molecule has 0 unspecified atom stereocenters. The number of nitrogens with zero attached hydrogens (tertiary/aromatic N) is 2. The number of rotatable bonds is 6. The quantitative estimate of drug-likeness (QED) is 0.349. The summed E-state index contributed by atoms with van der Waals surface area (Å²) < 4.78 is 38.8. The van der Waals surface area contributed by atoms with Gasteiger partial charge in [-0.15, -0.1) is 0 Å². The van der Waals surface area contributed by atoms with Crippen molar-refractivity contribution in [1.82, 2.24) is 8.96 Å². The highest BCUT2D eigenvalue weighted by Gasteiger charge is 2.21. The summed E-state index contributed by atoms with van der Waals surface area (Å²) in [5.74, 6) is 1.46. The van der Waals surface area contributed by atoms with Crippen LogP contribution in [0.15, 0.2) is 96.3 Å². The molecule has 0 fully saturated rings. The Hall–Kier alpha value is -4.30. The average Bonchev–Trinajstić information content (AvgIpc) is 3.33. The van der Waals surface area contributed by atoms with Crippen molar-refractivity contribution in [3.63, 3.8) is 0 Å². The van der Waals surface area contributed by atoms with Crippen molar-refractivity contribution >= 4 is 20.9 Å². The molecule has 0 spiro atoms. The molecule has 0 atom stereocenters. The lowest BCUT2D eigenvalue weighted by molar-refractivity contribution is 0.406. The number of hydrogen-bond acceptors (Lipinski definition) is 6. The molecular formula is C27H22N2O5S. The van der Waals surface area contributed by atoms with Gasteiger partial charge in [-0.3, -0.25) is 0 Å². The first-order valence-corrected chi connectivity index (χ1v) is 12.2. The summed E-state index contributed by atoms with van der Waals surface area (Å²) in [4.78, 5) is 4.01. The summed E-state index contributed by atoms with van der Waals surface area (Å²) in [6.45, 7) is 0. The lowest BCUT2D eigenvalue weighted by atomic mass is 9.97. The summed E-state index contributed by atoms with van der Waals surface area (Å²) in [5.41, 5.74) is 3.89. The fourth-order valence-electron chi connectivity index (χ4n) is 4.08. The van der Waals surface area contributed by atoms with E-state index in [1.54, 1.807) is 50.6 Å². The number of benzene rings is 3. The van der Waals surface area contributed by atoms with E-state index in [0.717, 1.165) is 27.6 Å². The standard InChI is InChI=1S/C27H22N2O5S/c1-33-25-17-23(26(34-2)16-22(25)18-6-9-21(30)10-7-18)19-8-11-24-20(15-19)12-14-29(24)35(31,32)27-5-3-4-13-28-27/h3-17,30H,1-2H3. The number of fused-ring (bicyclic) bond motifs is 1. The van der Waals surface area contributed by atoms with Gasteiger partial charge in [0.2, 0.25) is 0 Å². The van der Waals surface area contributed by atoms with E-state index >= 15 is 0 Å². The molecule has 1 N–H and O–H groups in total. The third-order valence-corrected chi connectivity index (χ3v) is 7.43. The molecule has 5 aromatic rings. The van der Waals surface area contributed by atoms with Crippen molar-refractivity contribution in [2.75, 3.05) is 14.2 Å². The number of aromatic nitrogens is 2. The zero-order valence-electron chi connectivity index (χ0n) is 19.0. The summed E-state index contributed by atoms with van der Waals surface area (Å²) in [5, 5.41) is 10.4. The molecule has 0 radical (unpaired) electrons. The van der Waals surface area contributed by atoms with Crippen LogP contribution in [0.2, 0.25) is 0 Å². The molecule has 0 aliphatic heterocycles. The first-order chi connectivity index (χ1) is 16.9. The Bertz CT molecular complexity index is 1630. The summed E-state index contributed by atoms with van der Waals surface area (Å²) in [7, 11) is -0.623. The number of ether oxygens (including phenoxy) is 2. The van der Waals surface area contributed by atoms with Gasteiger partial charge in [-0.1, -0.05) is 24.3 Å². The second kappa shape index (κ2) is 8.81. The topological polar surface area (TPSA) is 90.7 Å². The Morgan fingerprint density at radius 3 is 2.09 bits per heavy atom. The highest BCUT2D eigenvalue weighted by Crippen LogP contribution is 2.41. The Morgan fingerprint density at radius 1 is 0.800 bits per heavy atom. The van der Waals surface area contributed by atoms with Crippen LogP contribution < -0.4 is 9.47 Å². The van der Waals surface area contributed by atoms with Gasteiger partial charge < -0.3 is 14.6 Å². The molecule has 0 aliphatic rings. The number of pyridine rings is 1. The van der Waals surface area contributed by atoms with E-state index < -0.39 is 10.0 Å². The largest absolute Gasteiger partial charge is 0.508 e. The van der Waals surface area contributed by atoms with Crippen LogP contribution in [0.25, 0.3) is 33.2 Å². The predicted octanol–water partition coefficient (Wildman–Crippen LogP) is 5.33. The number of phenolic OH excluding ortho intramolecular Hbond substituents is 1. The molecule has 8 heteroatoms. The predicted molar refractivity (Wildman–Crippen MR) is 134 cm³/mol. The summed E-state index contributed by atoms with van der Waals surface area (Å²) in [6.07, 6.45) is 2.99. The van der Waals surface area contributed by atoms with Gasteiger partial charge in [-0.25, -0.2) is 8.96 Å². The maximum atomic E-state index is 13.1. The third-order valence-electron chi connectivity index (χ3n) is 5.83. The Balaban J connectivity index is 1.61. The van der Waals surface area contributed by atoms with Crippen LogP contribution >= 0.6 is 0 Å². The number of hydrogen-bond donors (Lipinski definition) is 1. The van der Waals surface area contributed by atoms with Crippen LogP contribution in [-0.2, 0) is 10.0 Å². The molecule has 0 amide bonds. The van der Waals surface area contributed by atoms with Gasteiger partial charge in [0, 0.05) is 28.9 Å². The van der Waals surface area contributed by atoms with Gasteiger partial charge in [0.15, 0.2) is 5.03 Å². The molecule has 0 aliphatic carbocycles. The fraction of sp³-hybridized carbons (Fsp3) is 0.0741. The zero-order chi connectivity index (χ0) is 24.6. The maximum absolute atomic E-state index is 13.1. The van der Waals surface area contributed by atoms with Crippen LogP contribution in [0.3, 0.4) is 0 Å². The summed E-state index contributed by atoms with van der Waals surface area (Å²) >= 11 is 0. The minimum Gasteiger partial charge on any atom is -0.508 e. The maximum Gasteiger partial charge on any atom is 0.285 e. The monoisotopic (exact) mass is 486 g/mol. The molecule has 2 heterocycles. The van der Waals surface area contributed by atoms with Gasteiger partial charge in [0.05, 0.1) is 19.7 Å². The minimum absolute atomic E-state index is 0.0159. The molecule has 0 bridgehead atoms. The van der Waals surface area contributed by atoms with E-state index in [9.17, 15) is 13.5 Å². The van der Waals surface area contributed by atoms with Gasteiger partial charge in [-0.2, -0.15) is 8.42 Å². The van der Waals surface area contributed by atoms with E-state index in [2.05, 4.69) is 4.98 Å². The zero-order valence-corrected chi connectivity index (χ0v) is 19.9. The molecule has 176 valence electrons. The Labute approximate surface area is 202 Å². The van der Waals surface area contributed by atoms with E-state index in [1.807, 2.05) is 36.4 Å². The Kier molecular flexibility index (Phi) is 5.66. The highest BCUT2D eigenvalue weighted by atomic mass is 32.2. The highest BCUT2D eigenvalue weighted by molar-refractivity contribution is 7.90. The minimum atomic E-state index is -3.82. The molecule has 5 rings (SSSR count). The normalized spacial score (nSPS) is 11.5. The third kappa shape index (κ3) is 3.98. The lowest BCUT2D eigenvalue weighted by Gasteiger charge is -2.16. The number of phenols is 1. The fourth-order valence-corrected chi connectivity index (χ4v) is 5.38. The number of aromatic hydroxyl groups is 1. The van der Waals surface area contributed by atoms with Crippen LogP contribution in [0, 0.1) is 0 Å². The van der Waals surface area contributed by atoms with Crippen molar-refractivity contribution < 1.29 is 23.0 Å². The summed E-state index contributed by atoms with van der Waals surface area (Å²) in [6, 6.07) is 22.7. The van der Waals surface area contributed by atoms with Crippen LogP contribution in [0.1, 0.15) is 0 Å². The van der Waals surface area contributed by atoms with Gasteiger partial charge in [0.25, 0.3) is 10.0 Å². The SMILES string of the molecule is COc1cc(-c2ccc3c(ccn3S(=O)(=O)c3ccccn3)c2)c(OC)cc1-c1ccc(O)cc1. The van der Waals surface area contributed by atoms with Crippen molar-refractivity contribution in [3.05, 3.63) is 91.3 Å². The smallest absolute Gasteiger partial charge is 0.285 e. The van der Waals surface area contributed by atoms with E-state index in [1.165, 1.54) is 22.4 Å². The van der Waals surface area contributed by atoms with Crippen molar-refractivity contribution in [1.29, 1.82) is 0 Å². The molecule has 35 heavy (non-hydrogen) atoms. The van der Waals surface area contributed by atoms with Gasteiger partial charge >= 0.3 is 0 Å². The molecule has 2 aromatic heterocycles. The molecule has 0 saturated heterocycles. The van der Waals surface area contributed by atoms with E-state index in [-0.39, 0.29) is 10.8 Å². The molecule has 0 saturated carbocycles. The van der Waals surface area contributed by atoms with E-state index in [4.69, 9.17) is 9.47 Å². The molecular weight excluding hydrogens is 464 g/mol. The second-order valence-electron chi connectivity index (χ2n) is 7.86. The van der Waals surface area contributed by atoms with Crippen molar-refractivity contribution in [2.45, 2.75) is 5.03 Å². The first kappa shape index (κ1) is 22.5. The van der Waals surface area contributed by atoms with Crippen LogP contribution in [0.4, 0.5) is 0 Å². The Morgan fingerprint density at radius 2 is 1.46 bits per heavy atom. The van der Waals surface area contributed by atoms with Crippen LogP contribution in [0.5, 0.6) is 17.2 Å². The average molecular weight is 487 g/mol. The van der Waals surface area contributed by atoms with Crippen molar-refractivity contribution in [3.8, 4) is 39.5 Å². The lowest BCUT2D eigenvalue weighted by Crippen LogP contribution is -2.13. The van der Waals surface area contributed by atoms with Gasteiger partial charge in [-0.05, 0) is 65.7 Å².